The van der Waals surface area contributed by atoms with Crippen LogP contribution < -0.4 is 0 Å². The molecule has 36 heavy (non-hydrogen) atoms. The predicted molar refractivity (Wildman–Crippen MR) is 140 cm³/mol. The smallest absolute Gasteiger partial charge is 0.240 e. The summed E-state index contributed by atoms with van der Waals surface area (Å²) in [6.45, 7) is 6.62. The summed E-state index contributed by atoms with van der Waals surface area (Å²) in [7, 11) is 0. The summed E-state index contributed by atoms with van der Waals surface area (Å²) in [5.41, 5.74) is 4.94. The minimum absolute atomic E-state index is 0.0138. The molecule has 0 radical (unpaired) electrons. The van der Waals surface area contributed by atoms with Crippen LogP contribution in [0.15, 0.2) is 41.0 Å². The van der Waals surface area contributed by atoms with Crippen LogP contribution in [0.25, 0.3) is 0 Å². The topological polar surface area (TPSA) is 76.7 Å². The summed E-state index contributed by atoms with van der Waals surface area (Å²) in [5, 5.41) is 26.2. The van der Waals surface area contributed by atoms with Crippen molar-refractivity contribution >= 4 is 11.6 Å². The number of hydrogen-bond acceptors (Lipinski definition) is 4. The number of nitriles is 1. The Labute approximate surface area is 215 Å². The van der Waals surface area contributed by atoms with Crippen LogP contribution in [0.1, 0.15) is 95.7 Å². The molecule has 1 amide bonds. The number of rotatable bonds is 2. The molecule has 4 aliphatic carbocycles. The number of fused-ring (bicyclic) bond motifs is 5. The fraction of sp³-hybridized carbons (Fsp3) is 0.645. The Balaban J connectivity index is 1.26. The Morgan fingerprint density at radius 3 is 2.58 bits per heavy atom. The fourth-order valence-corrected chi connectivity index (χ4v) is 9.26. The van der Waals surface area contributed by atoms with E-state index in [1.807, 2.05) is 24.3 Å². The number of carbonyl (C=O) groups is 1. The van der Waals surface area contributed by atoms with Crippen LogP contribution in [0.4, 0.5) is 0 Å². The lowest BCUT2D eigenvalue weighted by Gasteiger charge is -2.58. The van der Waals surface area contributed by atoms with E-state index < -0.39 is 0 Å². The maximum absolute atomic E-state index is 12.6. The predicted octanol–water partition coefficient (Wildman–Crippen LogP) is 6.15. The highest BCUT2D eigenvalue weighted by Gasteiger charge is 2.59. The van der Waals surface area contributed by atoms with Gasteiger partial charge >= 0.3 is 0 Å². The van der Waals surface area contributed by atoms with Crippen LogP contribution in [-0.4, -0.2) is 27.8 Å². The molecule has 0 spiro atoms. The van der Waals surface area contributed by atoms with E-state index in [1.54, 1.807) is 11.9 Å². The third kappa shape index (κ3) is 3.51. The zero-order valence-corrected chi connectivity index (χ0v) is 21.9. The molecule has 8 atom stereocenters. The molecule has 1 aromatic rings. The first-order valence-corrected chi connectivity index (χ1v) is 14.0. The lowest BCUT2D eigenvalue weighted by Crippen LogP contribution is -2.51. The van der Waals surface area contributed by atoms with Crippen molar-refractivity contribution in [2.45, 2.75) is 90.7 Å². The van der Waals surface area contributed by atoms with Gasteiger partial charge in [0.05, 0.1) is 23.8 Å². The van der Waals surface area contributed by atoms with E-state index >= 15 is 0 Å². The summed E-state index contributed by atoms with van der Waals surface area (Å²) in [6, 6.07) is 9.76. The molecule has 6 rings (SSSR count). The van der Waals surface area contributed by atoms with Crippen LogP contribution in [-0.2, 0) is 4.79 Å². The Hall–Kier alpha value is -2.45. The SMILES string of the molecule is CC(=O)N1N=C([C@H]2CC[C@H]3[C@@H]4CC=C5C[C@@H](O)CC[C@]5(C)[C@H]4CC[C@]23C)C[C@H]1c1ccc(C#N)cc1. The molecule has 1 aromatic carbocycles. The van der Waals surface area contributed by atoms with Crippen LogP contribution in [0.5, 0.6) is 0 Å². The van der Waals surface area contributed by atoms with Crippen molar-refractivity contribution in [2.24, 2.45) is 39.6 Å². The van der Waals surface area contributed by atoms with E-state index in [2.05, 4.69) is 26.0 Å². The average Bonchev–Trinajstić information content (AvgIpc) is 3.46. The van der Waals surface area contributed by atoms with Crippen molar-refractivity contribution in [3.8, 4) is 6.07 Å². The van der Waals surface area contributed by atoms with Gasteiger partial charge in [0, 0.05) is 25.0 Å². The largest absolute Gasteiger partial charge is 0.393 e. The monoisotopic (exact) mass is 485 g/mol. The maximum atomic E-state index is 12.6. The van der Waals surface area contributed by atoms with Crippen LogP contribution in [0.2, 0.25) is 0 Å². The molecule has 190 valence electrons. The second-order valence-electron chi connectivity index (χ2n) is 12.7. The molecule has 5 nitrogen and oxygen atoms in total. The Kier molecular flexibility index (Phi) is 5.68. The van der Waals surface area contributed by atoms with Crippen molar-refractivity contribution < 1.29 is 9.90 Å². The van der Waals surface area contributed by atoms with E-state index in [0.29, 0.717) is 17.4 Å². The number of hydrogen-bond donors (Lipinski definition) is 1. The minimum Gasteiger partial charge on any atom is -0.393 e. The van der Waals surface area contributed by atoms with Crippen molar-refractivity contribution in [1.82, 2.24) is 5.01 Å². The number of carbonyl (C=O) groups excluding carboxylic acids is 1. The second-order valence-corrected chi connectivity index (χ2v) is 12.7. The summed E-state index contributed by atoms with van der Waals surface area (Å²) in [5.74, 6) is 2.57. The molecule has 0 unspecified atom stereocenters. The number of allylic oxidation sites excluding steroid dienone is 1. The Morgan fingerprint density at radius 1 is 1.08 bits per heavy atom. The zero-order chi connectivity index (χ0) is 25.2. The van der Waals surface area contributed by atoms with Gasteiger partial charge in [0.25, 0.3) is 0 Å². The standard InChI is InChI=1S/C31H39N3O2/c1-19(35)34-29(21-6-4-20(18-32)5-7-21)17-28(33-34)27-11-10-25-24-9-8-22-16-23(36)12-14-30(22,2)26(24)13-15-31(25,27)3/h4-8,23-27,29,36H,9-17H2,1-3H3/t23-,24-,25-,26-,27+,29-,30-,31-/m0/s1. The van der Waals surface area contributed by atoms with Crippen molar-refractivity contribution in [2.75, 3.05) is 0 Å². The van der Waals surface area contributed by atoms with E-state index in [1.165, 1.54) is 37.0 Å². The first-order chi connectivity index (χ1) is 17.2. The Bertz CT molecular complexity index is 1160. The molecule has 5 heteroatoms. The van der Waals surface area contributed by atoms with Crippen LogP contribution in [0, 0.1) is 45.8 Å². The third-order valence-corrected chi connectivity index (χ3v) is 11.2. The summed E-state index contributed by atoms with van der Waals surface area (Å²) in [4.78, 5) is 12.6. The number of benzene rings is 1. The van der Waals surface area contributed by atoms with Gasteiger partial charge in [-0.2, -0.15) is 10.4 Å². The minimum atomic E-state index is -0.153. The number of nitrogens with zero attached hydrogens (tertiary/aromatic N) is 3. The van der Waals surface area contributed by atoms with Crippen molar-refractivity contribution in [3.63, 3.8) is 0 Å². The number of aliphatic hydroxyl groups is 1. The van der Waals surface area contributed by atoms with E-state index in [-0.39, 0.29) is 28.9 Å². The van der Waals surface area contributed by atoms with Gasteiger partial charge in [-0.3, -0.25) is 4.79 Å². The lowest BCUT2D eigenvalue weighted by atomic mass is 9.47. The molecular formula is C31H39N3O2. The second kappa shape index (κ2) is 8.55. The maximum Gasteiger partial charge on any atom is 0.240 e. The number of aliphatic hydroxyl groups excluding tert-OH is 1. The first-order valence-electron chi connectivity index (χ1n) is 14.0. The average molecular weight is 486 g/mol. The molecule has 0 aromatic heterocycles. The van der Waals surface area contributed by atoms with Crippen molar-refractivity contribution in [3.05, 3.63) is 47.0 Å². The summed E-state index contributed by atoms with van der Waals surface area (Å²) >= 11 is 0. The van der Waals surface area contributed by atoms with Crippen LogP contribution in [0.3, 0.4) is 0 Å². The van der Waals surface area contributed by atoms with Gasteiger partial charge in [-0.15, -0.1) is 0 Å². The van der Waals surface area contributed by atoms with Gasteiger partial charge < -0.3 is 5.11 Å². The van der Waals surface area contributed by atoms with Gasteiger partial charge in [-0.1, -0.05) is 37.6 Å². The molecule has 1 N–H and O–H groups in total. The zero-order valence-electron chi connectivity index (χ0n) is 21.9. The van der Waals surface area contributed by atoms with Gasteiger partial charge in [0.1, 0.15) is 0 Å². The van der Waals surface area contributed by atoms with Crippen molar-refractivity contribution in [1.29, 1.82) is 5.26 Å². The van der Waals surface area contributed by atoms with Gasteiger partial charge in [-0.05, 0) is 97.6 Å². The fourth-order valence-electron chi connectivity index (χ4n) is 9.26. The highest BCUT2D eigenvalue weighted by atomic mass is 16.3. The van der Waals surface area contributed by atoms with Gasteiger partial charge in [0.2, 0.25) is 5.91 Å². The quantitative estimate of drug-likeness (QED) is 0.511. The first kappa shape index (κ1) is 23.9. The molecule has 3 fully saturated rings. The highest BCUT2D eigenvalue weighted by Crippen LogP contribution is 2.66. The molecular weight excluding hydrogens is 446 g/mol. The van der Waals surface area contributed by atoms with E-state index in [0.717, 1.165) is 49.5 Å². The van der Waals surface area contributed by atoms with Gasteiger partial charge in [-0.25, -0.2) is 5.01 Å². The Morgan fingerprint density at radius 2 is 1.86 bits per heavy atom. The normalized spacial score (nSPS) is 41.5. The highest BCUT2D eigenvalue weighted by molar-refractivity contribution is 5.92. The summed E-state index contributed by atoms with van der Waals surface area (Å²) < 4.78 is 0. The van der Waals surface area contributed by atoms with E-state index in [4.69, 9.17) is 5.10 Å². The van der Waals surface area contributed by atoms with Crippen LogP contribution >= 0.6 is 0 Å². The number of hydrazone groups is 1. The molecule has 1 aliphatic heterocycles. The number of amides is 1. The third-order valence-electron chi connectivity index (χ3n) is 11.2. The lowest BCUT2D eigenvalue weighted by molar-refractivity contribution is -0.130. The molecule has 0 bridgehead atoms. The van der Waals surface area contributed by atoms with E-state index in [9.17, 15) is 15.2 Å². The molecule has 1 heterocycles. The molecule has 5 aliphatic rings. The van der Waals surface area contributed by atoms with Gasteiger partial charge in [0.15, 0.2) is 0 Å². The molecule has 0 saturated heterocycles. The molecule has 3 saturated carbocycles. The summed E-state index contributed by atoms with van der Waals surface area (Å²) in [6.07, 6.45) is 12.2.